The Bertz CT molecular complexity index is 313. The van der Waals surface area contributed by atoms with E-state index < -0.39 is 0 Å². The number of hydrogen-bond donors (Lipinski definition) is 2. The van der Waals surface area contributed by atoms with Gasteiger partial charge in [-0.2, -0.15) is 0 Å². The van der Waals surface area contributed by atoms with E-state index in [1.165, 1.54) is 14.7 Å². The van der Waals surface area contributed by atoms with Gasteiger partial charge in [0.15, 0.2) is 0 Å². The van der Waals surface area contributed by atoms with Crippen LogP contribution in [0.2, 0.25) is 0 Å². The van der Waals surface area contributed by atoms with Gasteiger partial charge in [0.1, 0.15) is 0 Å². The van der Waals surface area contributed by atoms with Crippen molar-refractivity contribution in [3.05, 3.63) is 45.0 Å². The number of hydrogen-bond acceptors (Lipinski definition) is 2. The van der Waals surface area contributed by atoms with E-state index in [0.717, 1.165) is 0 Å². The van der Waals surface area contributed by atoms with Crippen LogP contribution in [0.5, 0.6) is 0 Å². The zero-order valence-electron chi connectivity index (χ0n) is 8.42. The van der Waals surface area contributed by atoms with E-state index in [1.807, 2.05) is 0 Å². The van der Waals surface area contributed by atoms with Gasteiger partial charge in [-0.1, -0.05) is 23.8 Å². The molecule has 0 aromatic heterocycles. The number of nitrogens with one attached hydrogen (secondary N) is 1. The first kappa shape index (κ1) is 11.7. The first-order valence-corrected chi connectivity index (χ1v) is 5.58. The summed E-state index contributed by atoms with van der Waals surface area (Å²) in [6.45, 7) is 4.13. The minimum absolute atomic E-state index is 0.108. The maximum atomic E-state index is 5.49. The summed E-state index contributed by atoms with van der Waals surface area (Å²) in [6, 6.07) is 8.45. The Balaban J connectivity index is 2.90. The number of halogens is 1. The lowest BCUT2D eigenvalue weighted by Crippen LogP contribution is -2.26. The van der Waals surface area contributed by atoms with Crippen molar-refractivity contribution in [2.75, 3.05) is 0 Å². The lowest BCUT2D eigenvalue weighted by atomic mass is 10.1. The van der Waals surface area contributed by atoms with E-state index in [9.17, 15) is 0 Å². The minimum Gasteiger partial charge on any atom is -0.271 e. The smallest absolute Gasteiger partial charge is 0.0643 e. The van der Waals surface area contributed by atoms with Crippen LogP contribution < -0.4 is 11.3 Å². The summed E-state index contributed by atoms with van der Waals surface area (Å²) >= 11 is 2.29. The van der Waals surface area contributed by atoms with Gasteiger partial charge in [-0.15, -0.1) is 0 Å². The molecule has 0 aliphatic heterocycles. The summed E-state index contributed by atoms with van der Waals surface area (Å²) in [5.74, 6) is 5.49. The molecule has 1 atom stereocenters. The molecule has 3 heteroatoms. The summed E-state index contributed by atoms with van der Waals surface area (Å²) in [5, 5.41) is 0. The third-order valence-electron chi connectivity index (χ3n) is 1.91. The van der Waals surface area contributed by atoms with Crippen LogP contribution in [0.3, 0.4) is 0 Å². The Morgan fingerprint density at radius 2 is 1.93 bits per heavy atom. The van der Waals surface area contributed by atoms with Gasteiger partial charge in [-0.3, -0.25) is 5.84 Å². The summed E-state index contributed by atoms with van der Waals surface area (Å²) in [6.07, 6.45) is 2.11. The quantitative estimate of drug-likeness (QED) is 0.390. The van der Waals surface area contributed by atoms with Gasteiger partial charge in [0.05, 0.1) is 6.04 Å². The number of allylic oxidation sites excluding steroid dienone is 1. The molecule has 0 aliphatic rings. The lowest BCUT2D eigenvalue weighted by molar-refractivity contribution is 0.652. The fraction of sp³-hybridized carbons (Fsp3) is 0.273. The molecule has 1 aromatic carbocycles. The van der Waals surface area contributed by atoms with Crippen molar-refractivity contribution in [1.29, 1.82) is 0 Å². The molecule has 0 saturated heterocycles. The van der Waals surface area contributed by atoms with Crippen molar-refractivity contribution >= 4 is 22.6 Å². The zero-order chi connectivity index (χ0) is 10.6. The van der Waals surface area contributed by atoms with Crippen molar-refractivity contribution in [3.63, 3.8) is 0 Å². The van der Waals surface area contributed by atoms with Crippen LogP contribution in [0.4, 0.5) is 0 Å². The van der Waals surface area contributed by atoms with Crippen LogP contribution in [-0.2, 0) is 0 Å². The molecule has 0 saturated carbocycles. The molecule has 2 nitrogen and oxygen atoms in total. The van der Waals surface area contributed by atoms with Crippen molar-refractivity contribution in [2.24, 2.45) is 5.84 Å². The molecule has 1 aromatic rings. The number of benzene rings is 1. The van der Waals surface area contributed by atoms with Crippen molar-refractivity contribution in [2.45, 2.75) is 19.9 Å². The monoisotopic (exact) mass is 302 g/mol. The molecule has 0 bridgehead atoms. The first-order chi connectivity index (χ1) is 6.63. The highest BCUT2D eigenvalue weighted by Crippen LogP contribution is 2.16. The van der Waals surface area contributed by atoms with Gasteiger partial charge in [0.2, 0.25) is 0 Å². The van der Waals surface area contributed by atoms with Crippen LogP contribution in [0.1, 0.15) is 25.5 Å². The topological polar surface area (TPSA) is 38.0 Å². The van der Waals surface area contributed by atoms with E-state index in [1.54, 1.807) is 0 Å². The molecule has 1 rings (SSSR count). The molecular formula is C11H15IN2. The molecular weight excluding hydrogens is 287 g/mol. The largest absolute Gasteiger partial charge is 0.271 e. The maximum Gasteiger partial charge on any atom is 0.0643 e. The van der Waals surface area contributed by atoms with Crippen LogP contribution in [0.25, 0.3) is 0 Å². The standard InChI is InChI=1S/C11H15IN2/c1-8(2)7-11(14-13)9-3-5-10(12)6-4-9/h3-7,11,14H,13H2,1-2H3. The second-order valence-electron chi connectivity index (χ2n) is 3.44. The van der Waals surface area contributed by atoms with Crippen LogP contribution >= 0.6 is 22.6 Å². The summed E-state index contributed by atoms with van der Waals surface area (Å²) in [5.41, 5.74) is 5.24. The lowest BCUT2D eigenvalue weighted by Gasteiger charge is -2.12. The van der Waals surface area contributed by atoms with Crippen molar-refractivity contribution in [3.8, 4) is 0 Å². The van der Waals surface area contributed by atoms with E-state index in [2.05, 4.69) is 72.2 Å². The highest BCUT2D eigenvalue weighted by molar-refractivity contribution is 14.1. The van der Waals surface area contributed by atoms with Crippen LogP contribution in [0.15, 0.2) is 35.9 Å². The van der Waals surface area contributed by atoms with Gasteiger partial charge in [-0.25, -0.2) is 5.43 Å². The average Bonchev–Trinajstić information content (AvgIpc) is 2.15. The van der Waals surface area contributed by atoms with Crippen molar-refractivity contribution < 1.29 is 0 Å². The Labute approximate surface area is 98.7 Å². The average molecular weight is 302 g/mol. The maximum absolute atomic E-state index is 5.49. The second kappa shape index (κ2) is 5.48. The highest BCUT2D eigenvalue weighted by Gasteiger charge is 2.04. The molecule has 1 unspecified atom stereocenters. The normalized spacial score (nSPS) is 12.3. The summed E-state index contributed by atoms with van der Waals surface area (Å²) in [7, 11) is 0. The molecule has 0 fully saturated rings. The van der Waals surface area contributed by atoms with E-state index >= 15 is 0 Å². The molecule has 3 N–H and O–H groups in total. The fourth-order valence-electron chi connectivity index (χ4n) is 1.24. The Hall–Kier alpha value is -0.390. The van der Waals surface area contributed by atoms with Gasteiger partial charge in [0, 0.05) is 3.57 Å². The second-order valence-corrected chi connectivity index (χ2v) is 4.69. The van der Waals surface area contributed by atoms with E-state index in [-0.39, 0.29) is 6.04 Å². The predicted octanol–water partition coefficient (Wildman–Crippen LogP) is 2.76. The van der Waals surface area contributed by atoms with E-state index in [0.29, 0.717) is 0 Å². The van der Waals surface area contributed by atoms with Gasteiger partial charge < -0.3 is 0 Å². The van der Waals surface area contributed by atoms with Gasteiger partial charge in [-0.05, 0) is 54.1 Å². The number of rotatable bonds is 3. The first-order valence-electron chi connectivity index (χ1n) is 4.50. The molecule has 0 heterocycles. The Kier molecular flexibility index (Phi) is 4.57. The fourth-order valence-corrected chi connectivity index (χ4v) is 1.60. The summed E-state index contributed by atoms with van der Waals surface area (Å²) in [4.78, 5) is 0. The summed E-state index contributed by atoms with van der Waals surface area (Å²) < 4.78 is 1.24. The molecule has 0 spiro atoms. The van der Waals surface area contributed by atoms with Gasteiger partial charge in [0.25, 0.3) is 0 Å². The SMILES string of the molecule is CC(C)=CC(NN)c1ccc(I)cc1. The Morgan fingerprint density at radius 1 is 1.36 bits per heavy atom. The van der Waals surface area contributed by atoms with Crippen LogP contribution in [0, 0.1) is 3.57 Å². The van der Waals surface area contributed by atoms with Gasteiger partial charge >= 0.3 is 0 Å². The number of hydrazine groups is 1. The van der Waals surface area contributed by atoms with Crippen LogP contribution in [-0.4, -0.2) is 0 Å². The molecule has 0 amide bonds. The van der Waals surface area contributed by atoms with Crippen molar-refractivity contribution in [1.82, 2.24) is 5.43 Å². The third kappa shape index (κ3) is 3.40. The molecule has 0 aliphatic carbocycles. The predicted molar refractivity (Wildman–Crippen MR) is 68.7 cm³/mol. The molecule has 76 valence electrons. The number of nitrogens with two attached hydrogens (primary N) is 1. The van der Waals surface area contributed by atoms with E-state index in [4.69, 9.17) is 5.84 Å². The highest BCUT2D eigenvalue weighted by atomic mass is 127. The zero-order valence-corrected chi connectivity index (χ0v) is 10.6. The molecule has 14 heavy (non-hydrogen) atoms. The molecule has 0 radical (unpaired) electrons. The third-order valence-corrected chi connectivity index (χ3v) is 2.63. The minimum atomic E-state index is 0.108. The Morgan fingerprint density at radius 3 is 2.36 bits per heavy atom.